The molecule has 1 unspecified atom stereocenters. The number of hydrogen-bond acceptors (Lipinski definition) is 15. The highest BCUT2D eigenvalue weighted by atomic mass is 32.3. The minimum Gasteiger partial charge on any atom is -0.485 e. The Labute approximate surface area is 279 Å². The predicted molar refractivity (Wildman–Crippen MR) is 171 cm³/mol. The van der Waals surface area contributed by atoms with Gasteiger partial charge in [-0.05, 0) is 76.3 Å². The molecule has 0 saturated carbocycles. The zero-order chi connectivity index (χ0) is 35.0. The fraction of sp³-hybridized carbons (Fsp3) is 0.500. The lowest BCUT2D eigenvalue weighted by atomic mass is 9.84. The summed E-state index contributed by atoms with van der Waals surface area (Å²) in [5.74, 6) is -1.82. The standard InChI is InChI=1S/C28H36N8O10S2/c1-27(2)21(24(38)36(27)46-48(41,42)43)34-23(37)20(17-13-47-26(30)33-17)35-45-28(3,25(39)40)19-7-5-15-10-16(4-6-18(15)44-19)22-31-11-14(8-9-29)12-32-22/h4,6,10,13-14,19,21H,5,7-9,11-12,29H2,1-3H3,(H2,30,33)(H,31,32)(H,34,37)(H,39,40)(H,41,42,43)/b35-20-/t19-,21-,28+/m1/s1. The number of hydrogen-bond donors (Lipinski definition) is 6. The molecule has 8 N–H and O–H groups in total. The Morgan fingerprint density at radius 3 is 2.69 bits per heavy atom. The van der Waals surface area contributed by atoms with Gasteiger partial charge in [-0.2, -0.15) is 13.5 Å². The molecule has 0 aliphatic carbocycles. The molecule has 3 aliphatic heterocycles. The Balaban J connectivity index is 1.34. The number of ether oxygens (including phenoxy) is 1. The lowest BCUT2D eigenvalue weighted by molar-refractivity contribution is -0.218. The molecular formula is C28H36N8O10S2. The molecular weight excluding hydrogens is 672 g/mol. The number of fused-ring (bicyclic) bond motifs is 1. The number of oxime groups is 1. The van der Waals surface area contributed by atoms with Crippen LogP contribution in [0, 0.1) is 5.92 Å². The molecule has 1 aromatic carbocycles. The SMILES string of the molecule is CC1(C)[C@H](NC(=O)/C(=N\O[C@](C)(C(=O)O)[C@H]2CCc3cc(C4=NCC(CCN)CN4)ccc3O2)c2csc(N)n2)C(=O)N1OS(=O)(=O)O. The van der Waals surface area contributed by atoms with Crippen molar-refractivity contribution in [2.75, 3.05) is 25.4 Å². The number of aromatic nitrogens is 1. The number of nitrogens with one attached hydrogen (secondary N) is 2. The van der Waals surface area contributed by atoms with E-state index in [9.17, 15) is 27.9 Å². The second-order valence-electron chi connectivity index (χ2n) is 12.2. The van der Waals surface area contributed by atoms with Crippen LogP contribution in [0.25, 0.3) is 0 Å². The number of anilines is 1. The van der Waals surface area contributed by atoms with Gasteiger partial charge in [0.2, 0.25) is 0 Å². The molecule has 1 fully saturated rings. The van der Waals surface area contributed by atoms with Crippen molar-refractivity contribution in [2.24, 2.45) is 21.8 Å². The first-order valence-corrected chi connectivity index (χ1v) is 17.1. The fourth-order valence-corrected chi connectivity index (χ4v) is 6.53. The summed E-state index contributed by atoms with van der Waals surface area (Å²) in [5, 5.41) is 21.8. The van der Waals surface area contributed by atoms with Gasteiger partial charge in [-0.25, -0.2) is 9.78 Å². The normalized spacial score (nSPS) is 23.4. The maximum absolute atomic E-state index is 13.4. The maximum Gasteiger partial charge on any atom is 0.418 e. The number of aryl methyl sites for hydroxylation is 1. The lowest BCUT2D eigenvalue weighted by Gasteiger charge is -2.50. The molecule has 2 amide bonds. The highest BCUT2D eigenvalue weighted by Crippen LogP contribution is 2.35. The number of amidine groups is 1. The van der Waals surface area contributed by atoms with Gasteiger partial charge >= 0.3 is 16.4 Å². The average molecular weight is 709 g/mol. The van der Waals surface area contributed by atoms with Gasteiger partial charge in [0, 0.05) is 24.0 Å². The number of amides is 2. The molecule has 4 atom stereocenters. The number of β-lactam (4-membered cyclic amide) rings is 1. The first-order valence-electron chi connectivity index (χ1n) is 14.8. The van der Waals surface area contributed by atoms with Crippen LogP contribution in [0.2, 0.25) is 0 Å². The molecule has 0 bridgehead atoms. The number of carbonyl (C=O) groups is 3. The number of carboxylic acids is 1. The molecule has 3 aliphatic rings. The molecule has 2 aromatic rings. The first kappa shape index (κ1) is 35.0. The zero-order valence-corrected chi connectivity index (χ0v) is 27.8. The summed E-state index contributed by atoms with van der Waals surface area (Å²) in [7, 11) is -5.02. The third-order valence-electron chi connectivity index (χ3n) is 8.39. The van der Waals surface area contributed by atoms with Crippen molar-refractivity contribution in [3.05, 3.63) is 40.4 Å². The van der Waals surface area contributed by atoms with Crippen LogP contribution < -0.4 is 26.8 Å². The van der Waals surface area contributed by atoms with E-state index in [-0.39, 0.29) is 17.2 Å². The van der Waals surface area contributed by atoms with Crippen LogP contribution in [-0.2, 0) is 40.3 Å². The number of benzene rings is 1. The molecule has 48 heavy (non-hydrogen) atoms. The van der Waals surface area contributed by atoms with Crippen molar-refractivity contribution in [3.8, 4) is 5.75 Å². The number of carboxylic acid groups (broad SMARTS) is 1. The minimum absolute atomic E-state index is 0.0654. The fourth-order valence-electron chi connectivity index (χ4n) is 5.52. The van der Waals surface area contributed by atoms with E-state index in [0.717, 1.165) is 41.3 Å². The molecule has 0 radical (unpaired) electrons. The van der Waals surface area contributed by atoms with E-state index in [4.69, 9.17) is 25.6 Å². The van der Waals surface area contributed by atoms with Crippen LogP contribution in [-0.4, -0.2) is 100 Å². The Morgan fingerprint density at radius 2 is 2.10 bits per heavy atom. The topological polar surface area (TPSA) is 270 Å². The molecule has 5 rings (SSSR count). The summed E-state index contributed by atoms with van der Waals surface area (Å²) >= 11 is 0.971. The van der Waals surface area contributed by atoms with E-state index in [0.29, 0.717) is 36.2 Å². The third kappa shape index (κ3) is 7.06. The number of carbonyl (C=O) groups excluding carboxylic acids is 2. The number of nitrogen functional groups attached to an aromatic ring is 1. The lowest BCUT2D eigenvalue weighted by Crippen LogP contribution is -2.76. The van der Waals surface area contributed by atoms with Gasteiger partial charge in [0.15, 0.2) is 16.9 Å². The number of hydroxylamine groups is 2. The van der Waals surface area contributed by atoms with Crippen LogP contribution in [0.3, 0.4) is 0 Å². The van der Waals surface area contributed by atoms with Crippen molar-refractivity contribution < 1.29 is 46.3 Å². The molecule has 1 saturated heterocycles. The van der Waals surface area contributed by atoms with E-state index < -0.39 is 57.2 Å². The second kappa shape index (κ2) is 13.3. The molecule has 4 heterocycles. The summed E-state index contributed by atoms with van der Waals surface area (Å²) in [6, 6.07) is 4.18. The number of aliphatic carboxylic acids is 1. The zero-order valence-electron chi connectivity index (χ0n) is 26.2. The van der Waals surface area contributed by atoms with E-state index >= 15 is 0 Å². The van der Waals surface area contributed by atoms with Crippen LogP contribution >= 0.6 is 11.3 Å². The van der Waals surface area contributed by atoms with E-state index in [1.165, 1.54) is 26.2 Å². The largest absolute Gasteiger partial charge is 0.485 e. The van der Waals surface area contributed by atoms with Gasteiger partial charge in [-0.1, -0.05) is 5.16 Å². The van der Waals surface area contributed by atoms with Gasteiger partial charge in [0.25, 0.3) is 17.4 Å². The van der Waals surface area contributed by atoms with Gasteiger partial charge < -0.3 is 36.8 Å². The van der Waals surface area contributed by atoms with Crippen molar-refractivity contribution in [3.63, 3.8) is 0 Å². The quantitative estimate of drug-likeness (QED) is 0.0724. The monoisotopic (exact) mass is 708 g/mol. The molecule has 1 aromatic heterocycles. The van der Waals surface area contributed by atoms with Crippen molar-refractivity contribution >= 4 is 56.2 Å². The number of rotatable bonds is 12. The smallest absolute Gasteiger partial charge is 0.418 e. The Hall–Kier alpha value is -4.37. The first-order chi connectivity index (χ1) is 22.5. The van der Waals surface area contributed by atoms with Crippen molar-refractivity contribution in [2.45, 2.75) is 63.3 Å². The van der Waals surface area contributed by atoms with Gasteiger partial charge in [0.1, 0.15) is 23.3 Å². The van der Waals surface area contributed by atoms with Crippen molar-refractivity contribution in [1.29, 1.82) is 0 Å². The van der Waals surface area contributed by atoms with Crippen LogP contribution in [0.4, 0.5) is 5.13 Å². The predicted octanol–water partition coefficient (Wildman–Crippen LogP) is -0.162. The van der Waals surface area contributed by atoms with Gasteiger partial charge in [-0.15, -0.1) is 15.6 Å². The van der Waals surface area contributed by atoms with E-state index in [1.807, 2.05) is 12.1 Å². The third-order valence-corrected chi connectivity index (χ3v) is 9.40. The number of thiazole rings is 1. The molecule has 20 heteroatoms. The summed E-state index contributed by atoms with van der Waals surface area (Å²) in [6.07, 6.45) is 0.521. The summed E-state index contributed by atoms with van der Waals surface area (Å²) in [4.78, 5) is 53.0. The number of nitrogens with two attached hydrogens (primary N) is 2. The van der Waals surface area contributed by atoms with Gasteiger partial charge in [-0.3, -0.25) is 19.1 Å². The van der Waals surface area contributed by atoms with E-state index in [1.54, 1.807) is 6.07 Å². The van der Waals surface area contributed by atoms with E-state index in [2.05, 4.69) is 30.0 Å². The van der Waals surface area contributed by atoms with Crippen molar-refractivity contribution in [1.82, 2.24) is 20.7 Å². The summed E-state index contributed by atoms with van der Waals surface area (Å²) < 4.78 is 41.8. The van der Waals surface area contributed by atoms with Gasteiger partial charge in [0.05, 0.1) is 5.54 Å². The molecule has 0 spiro atoms. The Morgan fingerprint density at radius 1 is 1.35 bits per heavy atom. The highest BCUT2D eigenvalue weighted by Gasteiger charge is 2.58. The average Bonchev–Trinajstić information content (AvgIpc) is 3.47. The second-order valence-corrected chi connectivity index (χ2v) is 14.1. The number of aliphatic imine (C=N–C) groups is 1. The Kier molecular flexibility index (Phi) is 9.66. The number of nitrogens with zero attached hydrogens (tertiary/aromatic N) is 4. The minimum atomic E-state index is -5.02. The van der Waals surface area contributed by atoms with Crippen LogP contribution in [0.1, 0.15) is 50.4 Å². The molecule has 18 nitrogen and oxygen atoms in total. The highest BCUT2D eigenvalue weighted by molar-refractivity contribution is 7.80. The van der Waals surface area contributed by atoms with Crippen LogP contribution in [0.15, 0.2) is 33.7 Å². The summed E-state index contributed by atoms with van der Waals surface area (Å²) in [5.41, 5.74) is 9.05. The van der Waals surface area contributed by atoms with Crippen LogP contribution in [0.5, 0.6) is 5.75 Å². The molecule has 260 valence electrons. The maximum atomic E-state index is 13.4. The Bertz CT molecular complexity index is 1780. The summed E-state index contributed by atoms with van der Waals surface area (Å²) in [6.45, 7) is 6.05.